The van der Waals surface area contributed by atoms with Crippen LogP contribution in [0.15, 0.2) is 47.5 Å². The third-order valence-electron chi connectivity index (χ3n) is 9.52. The number of nitrogens with two attached hydrogens (primary N) is 1. The molecule has 0 aliphatic carbocycles. The van der Waals surface area contributed by atoms with Gasteiger partial charge in [-0.05, 0) is 88.8 Å². The van der Waals surface area contributed by atoms with Crippen molar-refractivity contribution in [3.8, 4) is 5.75 Å². The second-order valence-corrected chi connectivity index (χ2v) is 17.7. The lowest BCUT2D eigenvalue weighted by Gasteiger charge is -2.33. The van der Waals surface area contributed by atoms with E-state index in [1.165, 1.54) is 6.20 Å². The van der Waals surface area contributed by atoms with Crippen LogP contribution in [0.2, 0.25) is 5.02 Å². The molecule has 0 spiro atoms. The zero-order valence-electron chi connectivity index (χ0n) is 35.4. The molecule has 0 radical (unpaired) electrons. The van der Waals surface area contributed by atoms with Crippen LogP contribution in [0.1, 0.15) is 70.4 Å². The number of aromatic nitrogens is 2. The molecule has 1 aliphatic heterocycles. The van der Waals surface area contributed by atoms with Gasteiger partial charge < -0.3 is 49.7 Å². The minimum absolute atomic E-state index is 0.0733. The first-order valence-electron chi connectivity index (χ1n) is 20.4. The van der Waals surface area contributed by atoms with E-state index in [1.807, 2.05) is 24.8 Å². The molecule has 1 aliphatic rings. The van der Waals surface area contributed by atoms with Gasteiger partial charge in [0.2, 0.25) is 17.8 Å². The number of anilines is 4. The van der Waals surface area contributed by atoms with Gasteiger partial charge in [0.05, 0.1) is 106 Å². The molecular formula is C42H61ClN6O10S. The normalized spacial score (nSPS) is 13.6. The zero-order valence-corrected chi connectivity index (χ0v) is 36.9. The maximum atomic E-state index is 13.1. The number of piperidine rings is 1. The fourth-order valence-electron chi connectivity index (χ4n) is 6.34. The van der Waals surface area contributed by atoms with E-state index in [0.29, 0.717) is 103 Å². The lowest BCUT2D eigenvalue weighted by Crippen LogP contribution is -2.38. The van der Waals surface area contributed by atoms with Crippen molar-refractivity contribution in [1.29, 1.82) is 0 Å². The molecule has 4 N–H and O–H groups in total. The van der Waals surface area contributed by atoms with Gasteiger partial charge in [0, 0.05) is 19.5 Å². The molecule has 0 saturated carbocycles. The van der Waals surface area contributed by atoms with E-state index in [2.05, 4.69) is 33.6 Å². The van der Waals surface area contributed by atoms with E-state index in [1.54, 1.807) is 38.1 Å². The lowest BCUT2D eigenvalue weighted by atomic mass is 9.86. The Kier molecular flexibility index (Phi) is 20.2. The van der Waals surface area contributed by atoms with E-state index in [0.717, 1.165) is 24.0 Å². The van der Waals surface area contributed by atoms with Crippen LogP contribution in [0.25, 0.3) is 0 Å². The average molecular weight is 878 g/mol. The SMILES string of the molecule is Cc1cc(Nc2ncc(Cl)c(Nc3ccccc3S(=O)(=O)C(C)C)n2)c(OC(C)C)cc1C1CCN(C(=O)CCOCCOCCOCCOCCOCCC(N)=O)CC1. The van der Waals surface area contributed by atoms with Gasteiger partial charge in [-0.25, -0.2) is 13.4 Å². The molecule has 0 bridgehead atoms. The number of primary amides is 1. The molecule has 2 amide bonds. The maximum absolute atomic E-state index is 13.1. The number of para-hydroxylation sites is 1. The Balaban J connectivity index is 1.20. The Labute approximate surface area is 359 Å². The summed E-state index contributed by atoms with van der Waals surface area (Å²) in [5, 5.41) is 6.00. The van der Waals surface area contributed by atoms with Crippen molar-refractivity contribution in [2.75, 3.05) is 89.8 Å². The summed E-state index contributed by atoms with van der Waals surface area (Å²) in [6.45, 7) is 14.5. The number of hydrogen-bond acceptors (Lipinski definition) is 14. The van der Waals surface area contributed by atoms with Crippen LogP contribution in [0.5, 0.6) is 5.75 Å². The highest BCUT2D eigenvalue weighted by Gasteiger charge is 2.27. The number of carbonyl (C=O) groups is 2. The fourth-order valence-corrected chi connectivity index (χ4v) is 7.68. The quantitative estimate of drug-likeness (QED) is 0.0759. The highest BCUT2D eigenvalue weighted by Crippen LogP contribution is 2.38. The molecule has 60 heavy (non-hydrogen) atoms. The average Bonchev–Trinajstić information content (AvgIpc) is 3.21. The monoisotopic (exact) mass is 876 g/mol. The number of hydrogen-bond donors (Lipinski definition) is 3. The van der Waals surface area contributed by atoms with Gasteiger partial charge in [-0.2, -0.15) is 4.98 Å². The lowest BCUT2D eigenvalue weighted by molar-refractivity contribution is -0.133. The smallest absolute Gasteiger partial charge is 0.229 e. The minimum atomic E-state index is -3.58. The summed E-state index contributed by atoms with van der Waals surface area (Å²) >= 11 is 6.49. The topological polar surface area (TPSA) is 203 Å². The number of sulfone groups is 1. The number of carbonyl (C=O) groups excluding carboxylic acids is 2. The van der Waals surface area contributed by atoms with E-state index in [4.69, 9.17) is 45.8 Å². The van der Waals surface area contributed by atoms with Gasteiger partial charge in [-0.1, -0.05) is 23.7 Å². The fraction of sp³-hybridized carbons (Fsp3) is 0.571. The van der Waals surface area contributed by atoms with Crippen molar-refractivity contribution < 1.29 is 46.4 Å². The van der Waals surface area contributed by atoms with Crippen LogP contribution in [-0.4, -0.2) is 126 Å². The summed E-state index contributed by atoms with van der Waals surface area (Å²) in [6.07, 6.45) is 3.49. The van der Waals surface area contributed by atoms with E-state index < -0.39 is 15.1 Å². The zero-order chi connectivity index (χ0) is 43.5. The predicted molar refractivity (Wildman–Crippen MR) is 230 cm³/mol. The van der Waals surface area contributed by atoms with Crippen LogP contribution < -0.4 is 21.1 Å². The van der Waals surface area contributed by atoms with Crippen molar-refractivity contribution in [2.24, 2.45) is 5.73 Å². The van der Waals surface area contributed by atoms with Crippen LogP contribution in [0, 0.1) is 6.92 Å². The summed E-state index contributed by atoms with van der Waals surface area (Å²) in [4.78, 5) is 34.7. The molecule has 16 nitrogen and oxygen atoms in total. The molecule has 2 aromatic carbocycles. The Morgan fingerprint density at radius 2 is 1.40 bits per heavy atom. The Hall–Kier alpha value is -4.10. The number of aryl methyl sites for hydroxylation is 1. The van der Waals surface area contributed by atoms with Crippen molar-refractivity contribution in [3.05, 3.63) is 58.7 Å². The molecule has 332 valence electrons. The van der Waals surface area contributed by atoms with E-state index >= 15 is 0 Å². The van der Waals surface area contributed by atoms with Crippen molar-refractivity contribution in [2.45, 2.75) is 82.5 Å². The molecule has 1 aromatic heterocycles. The van der Waals surface area contributed by atoms with Gasteiger partial charge >= 0.3 is 0 Å². The number of amides is 2. The molecular weight excluding hydrogens is 816 g/mol. The predicted octanol–water partition coefficient (Wildman–Crippen LogP) is 5.95. The van der Waals surface area contributed by atoms with Crippen LogP contribution in [-0.2, 0) is 43.1 Å². The molecule has 2 heterocycles. The number of benzene rings is 2. The van der Waals surface area contributed by atoms with Gasteiger partial charge in [0.15, 0.2) is 15.7 Å². The largest absolute Gasteiger partial charge is 0.489 e. The summed E-state index contributed by atoms with van der Waals surface area (Å²) in [7, 11) is -3.58. The molecule has 18 heteroatoms. The van der Waals surface area contributed by atoms with Gasteiger partial charge in [0.25, 0.3) is 0 Å². The summed E-state index contributed by atoms with van der Waals surface area (Å²) < 4.78 is 59.6. The molecule has 3 aromatic rings. The second-order valence-electron chi connectivity index (χ2n) is 14.8. The highest BCUT2D eigenvalue weighted by molar-refractivity contribution is 7.92. The number of ether oxygens (including phenoxy) is 6. The Morgan fingerprint density at radius 1 is 0.833 bits per heavy atom. The van der Waals surface area contributed by atoms with E-state index in [9.17, 15) is 18.0 Å². The van der Waals surface area contributed by atoms with Gasteiger partial charge in [-0.3, -0.25) is 9.59 Å². The summed E-state index contributed by atoms with van der Waals surface area (Å²) in [5.74, 6) is 1.06. The number of halogens is 1. The van der Waals surface area contributed by atoms with E-state index in [-0.39, 0.29) is 51.9 Å². The first-order chi connectivity index (χ1) is 28.8. The van der Waals surface area contributed by atoms with Crippen molar-refractivity contribution >= 4 is 56.4 Å². The standard InChI is InChI=1S/C42H61ClN6O10S/c1-29(2)59-37-27-33(31(5)26-36(37)47-42-45-28-34(43)41(48-42)46-35-8-6-7-9-38(35)60(52,53)30(3)4)32-10-14-49(15-11-32)40(51)13-17-55-19-21-57-23-25-58-24-22-56-20-18-54-16-12-39(44)50/h6-9,26-30,32H,10-25H2,1-5H3,(H2,44,50)(H2,45,46,47,48). The van der Waals surface area contributed by atoms with Crippen LogP contribution in [0.4, 0.5) is 23.1 Å². The number of nitrogens with one attached hydrogen (secondary N) is 2. The first kappa shape index (κ1) is 48.6. The highest BCUT2D eigenvalue weighted by atomic mass is 35.5. The van der Waals surface area contributed by atoms with Crippen molar-refractivity contribution in [1.82, 2.24) is 14.9 Å². The van der Waals surface area contributed by atoms with Gasteiger partial charge in [0.1, 0.15) is 10.8 Å². The summed E-state index contributed by atoms with van der Waals surface area (Å²) in [5.41, 5.74) is 8.31. The van der Waals surface area contributed by atoms with Crippen molar-refractivity contribution in [3.63, 3.8) is 0 Å². The summed E-state index contributed by atoms with van der Waals surface area (Å²) in [6, 6.07) is 10.7. The molecule has 0 atom stereocenters. The third kappa shape index (κ3) is 15.7. The number of nitrogens with zero attached hydrogens (tertiary/aromatic N) is 3. The third-order valence-corrected chi connectivity index (χ3v) is 12.0. The minimum Gasteiger partial charge on any atom is -0.489 e. The maximum Gasteiger partial charge on any atom is 0.229 e. The van der Waals surface area contributed by atoms with Crippen LogP contribution in [0.3, 0.4) is 0 Å². The van der Waals surface area contributed by atoms with Crippen LogP contribution >= 0.6 is 11.6 Å². The first-order valence-corrected chi connectivity index (χ1v) is 22.3. The molecule has 1 saturated heterocycles. The second kappa shape index (κ2) is 25.0. The molecule has 0 unspecified atom stereocenters. The Bertz CT molecular complexity index is 1930. The van der Waals surface area contributed by atoms with Gasteiger partial charge in [-0.15, -0.1) is 0 Å². The molecule has 1 fully saturated rings. The number of likely N-dealkylation sites (tertiary alicyclic amines) is 1. The number of rotatable bonds is 27. The Morgan fingerprint density at radius 3 is 1.97 bits per heavy atom. The molecule has 4 rings (SSSR count).